The summed E-state index contributed by atoms with van der Waals surface area (Å²) in [7, 11) is 1.70. The van der Waals surface area contributed by atoms with Gasteiger partial charge in [0.05, 0.1) is 0 Å². The van der Waals surface area contributed by atoms with Gasteiger partial charge in [-0.05, 0) is 18.5 Å². The van der Waals surface area contributed by atoms with E-state index in [0.29, 0.717) is 0 Å². The van der Waals surface area contributed by atoms with Crippen LogP contribution in [0.4, 0.5) is 0 Å². The molecular formula is C18H28ClNO4. The molecule has 0 saturated carbocycles. The van der Waals surface area contributed by atoms with Gasteiger partial charge in [0.15, 0.2) is 0 Å². The van der Waals surface area contributed by atoms with Gasteiger partial charge in [0.25, 0.3) is 0 Å². The number of hydrogen-bond donors (Lipinski definition) is 1. The fraction of sp³-hybridized carbons (Fsp3) is 0.556. The van der Waals surface area contributed by atoms with Crippen molar-refractivity contribution in [2.24, 2.45) is 11.8 Å². The fourth-order valence-electron chi connectivity index (χ4n) is 2.19. The van der Waals surface area contributed by atoms with Crippen molar-refractivity contribution in [3.05, 3.63) is 35.9 Å². The van der Waals surface area contributed by atoms with E-state index in [1.54, 1.807) is 7.05 Å². The van der Waals surface area contributed by atoms with Crippen molar-refractivity contribution in [2.45, 2.75) is 46.4 Å². The van der Waals surface area contributed by atoms with Crippen LogP contribution in [0.1, 0.15) is 33.3 Å². The van der Waals surface area contributed by atoms with E-state index < -0.39 is 24.1 Å². The van der Waals surface area contributed by atoms with E-state index in [1.165, 1.54) is 0 Å². The molecule has 0 heterocycles. The first-order valence-electron chi connectivity index (χ1n) is 7.95. The minimum atomic E-state index is -0.902. The Bertz CT molecular complexity index is 505. The highest BCUT2D eigenvalue weighted by Crippen LogP contribution is 2.14. The van der Waals surface area contributed by atoms with E-state index in [1.807, 2.05) is 58.0 Å². The second-order valence-electron chi connectivity index (χ2n) is 6.21. The van der Waals surface area contributed by atoms with Crippen LogP contribution in [0, 0.1) is 11.8 Å². The molecule has 1 aromatic rings. The molecule has 1 N–H and O–H groups in total. The molecule has 1 rings (SSSR count). The smallest absolute Gasteiger partial charge is 0.348 e. The molecule has 0 saturated heterocycles. The van der Waals surface area contributed by atoms with Gasteiger partial charge in [0.1, 0.15) is 12.6 Å². The van der Waals surface area contributed by atoms with E-state index in [4.69, 9.17) is 9.47 Å². The fourth-order valence-corrected chi connectivity index (χ4v) is 2.19. The molecule has 0 bridgehead atoms. The van der Waals surface area contributed by atoms with Crippen LogP contribution in [0.5, 0.6) is 0 Å². The number of likely N-dealkylation sites (N-methyl/N-ethyl adjacent to an activating group) is 1. The molecule has 1 aromatic carbocycles. The van der Waals surface area contributed by atoms with Gasteiger partial charge in [0.2, 0.25) is 6.10 Å². The maximum Gasteiger partial charge on any atom is 0.348 e. The zero-order valence-corrected chi connectivity index (χ0v) is 15.8. The number of carbonyl (C=O) groups is 2. The molecule has 0 aliphatic rings. The van der Waals surface area contributed by atoms with Crippen molar-refractivity contribution in [1.82, 2.24) is 5.32 Å². The van der Waals surface area contributed by atoms with Crippen LogP contribution in [0.15, 0.2) is 30.3 Å². The molecule has 0 radical (unpaired) electrons. The first-order valence-corrected chi connectivity index (χ1v) is 7.95. The average molecular weight is 358 g/mol. The van der Waals surface area contributed by atoms with Gasteiger partial charge in [-0.15, -0.1) is 12.4 Å². The molecule has 2 atom stereocenters. The largest absolute Gasteiger partial charge is 0.458 e. The first kappa shape index (κ1) is 22.4. The summed E-state index contributed by atoms with van der Waals surface area (Å²) >= 11 is 0. The molecule has 0 aromatic heterocycles. The Labute approximate surface area is 150 Å². The highest BCUT2D eigenvalue weighted by atomic mass is 35.5. The van der Waals surface area contributed by atoms with E-state index >= 15 is 0 Å². The number of rotatable bonds is 8. The van der Waals surface area contributed by atoms with Gasteiger partial charge in [-0.1, -0.05) is 58.0 Å². The molecule has 6 heteroatoms. The van der Waals surface area contributed by atoms with Crippen LogP contribution in [-0.4, -0.2) is 31.1 Å². The molecule has 0 unspecified atom stereocenters. The number of esters is 2. The standard InChI is InChI=1S/C18H27NO4.ClH/c1-12(2)15(19-5)17(20)23-16(13(3)4)18(21)22-11-14-9-7-6-8-10-14;/h6-10,12-13,15-16,19H,11H2,1-5H3;1H/t15-,16+;/m0./s1. The third-order valence-corrected chi connectivity index (χ3v) is 3.54. The van der Waals surface area contributed by atoms with Crippen LogP contribution >= 0.6 is 12.4 Å². The summed E-state index contributed by atoms with van der Waals surface area (Å²) in [5, 5.41) is 2.92. The molecule has 24 heavy (non-hydrogen) atoms. The zero-order chi connectivity index (χ0) is 17.4. The first-order chi connectivity index (χ1) is 10.9. The molecule has 0 aliphatic carbocycles. The van der Waals surface area contributed by atoms with Crippen LogP contribution < -0.4 is 5.32 Å². The van der Waals surface area contributed by atoms with Crippen LogP contribution in [0.2, 0.25) is 0 Å². The summed E-state index contributed by atoms with van der Waals surface area (Å²) in [6.07, 6.45) is -0.902. The molecule has 0 fully saturated rings. The lowest BCUT2D eigenvalue weighted by atomic mass is 10.0. The summed E-state index contributed by atoms with van der Waals surface area (Å²) in [4.78, 5) is 24.5. The third kappa shape index (κ3) is 6.89. The van der Waals surface area contributed by atoms with E-state index in [0.717, 1.165) is 5.56 Å². The number of nitrogens with one attached hydrogen (secondary N) is 1. The van der Waals surface area contributed by atoms with Gasteiger partial charge in [-0.3, -0.25) is 4.79 Å². The number of ether oxygens (including phenoxy) is 2. The van der Waals surface area contributed by atoms with Crippen LogP contribution in [0.25, 0.3) is 0 Å². The second kappa shape index (κ2) is 11.0. The average Bonchev–Trinajstić information content (AvgIpc) is 2.51. The van der Waals surface area contributed by atoms with Gasteiger partial charge in [-0.2, -0.15) is 0 Å². The summed E-state index contributed by atoms with van der Waals surface area (Å²) < 4.78 is 10.7. The predicted molar refractivity (Wildman–Crippen MR) is 95.9 cm³/mol. The minimum absolute atomic E-state index is 0. The summed E-state index contributed by atoms with van der Waals surface area (Å²) in [6.45, 7) is 7.65. The quantitative estimate of drug-likeness (QED) is 0.724. The monoisotopic (exact) mass is 357 g/mol. The van der Waals surface area contributed by atoms with E-state index in [2.05, 4.69) is 5.32 Å². The second-order valence-corrected chi connectivity index (χ2v) is 6.21. The van der Waals surface area contributed by atoms with E-state index in [-0.39, 0.29) is 30.8 Å². The molecule has 0 amide bonds. The maximum absolute atomic E-state index is 12.3. The molecular weight excluding hydrogens is 330 g/mol. The van der Waals surface area contributed by atoms with Crippen molar-refractivity contribution in [1.29, 1.82) is 0 Å². The van der Waals surface area contributed by atoms with Gasteiger partial charge in [0, 0.05) is 5.92 Å². The normalized spacial score (nSPS) is 13.1. The van der Waals surface area contributed by atoms with Crippen molar-refractivity contribution in [3.63, 3.8) is 0 Å². The predicted octanol–water partition coefficient (Wildman–Crippen LogP) is 2.96. The number of carbonyl (C=O) groups excluding carboxylic acids is 2. The van der Waals surface area contributed by atoms with Crippen molar-refractivity contribution >= 4 is 24.3 Å². The third-order valence-electron chi connectivity index (χ3n) is 3.54. The SMILES string of the molecule is CN[C@H](C(=O)O[C@@H](C(=O)OCc1ccccc1)C(C)C)C(C)C.Cl. The topological polar surface area (TPSA) is 64.6 Å². The summed E-state index contributed by atoms with van der Waals surface area (Å²) in [5.74, 6) is -1.04. The Morgan fingerprint density at radius 3 is 2.04 bits per heavy atom. The Morgan fingerprint density at radius 2 is 1.58 bits per heavy atom. The molecule has 0 spiro atoms. The Morgan fingerprint density at radius 1 is 1.00 bits per heavy atom. The molecule has 5 nitrogen and oxygen atoms in total. The highest BCUT2D eigenvalue weighted by molar-refractivity contribution is 5.85. The van der Waals surface area contributed by atoms with E-state index in [9.17, 15) is 9.59 Å². The Kier molecular flexibility index (Phi) is 10.3. The van der Waals surface area contributed by atoms with Crippen LogP contribution in [-0.2, 0) is 25.7 Å². The minimum Gasteiger partial charge on any atom is -0.458 e. The Balaban J connectivity index is 0.00000529. The lowest BCUT2D eigenvalue weighted by Gasteiger charge is -2.24. The lowest BCUT2D eigenvalue weighted by Crippen LogP contribution is -2.44. The number of benzene rings is 1. The van der Waals surface area contributed by atoms with Gasteiger partial charge < -0.3 is 14.8 Å². The number of halogens is 1. The van der Waals surface area contributed by atoms with Gasteiger partial charge in [-0.25, -0.2) is 4.79 Å². The highest BCUT2D eigenvalue weighted by Gasteiger charge is 2.31. The van der Waals surface area contributed by atoms with Crippen molar-refractivity contribution in [3.8, 4) is 0 Å². The van der Waals surface area contributed by atoms with Crippen LogP contribution in [0.3, 0.4) is 0 Å². The lowest BCUT2D eigenvalue weighted by molar-refractivity contribution is -0.173. The molecule has 0 aliphatic heterocycles. The Hall–Kier alpha value is -1.59. The van der Waals surface area contributed by atoms with Gasteiger partial charge >= 0.3 is 11.9 Å². The maximum atomic E-state index is 12.3. The summed E-state index contributed by atoms with van der Waals surface area (Å²) in [5.41, 5.74) is 0.893. The number of hydrogen-bond acceptors (Lipinski definition) is 5. The zero-order valence-electron chi connectivity index (χ0n) is 14.9. The summed E-state index contributed by atoms with van der Waals surface area (Å²) in [6, 6.07) is 8.96. The molecule has 136 valence electrons. The van der Waals surface area contributed by atoms with Crippen molar-refractivity contribution in [2.75, 3.05) is 7.05 Å². The van der Waals surface area contributed by atoms with Crippen molar-refractivity contribution < 1.29 is 19.1 Å².